The summed E-state index contributed by atoms with van der Waals surface area (Å²) in [5, 5.41) is 7.60. The first-order valence-electron chi connectivity index (χ1n) is 5.63. The number of carboxylic acid groups (broad SMARTS) is 1. The fourth-order valence-corrected chi connectivity index (χ4v) is 0.679. The number of carbonyl (C=O) groups is 3. The summed E-state index contributed by atoms with van der Waals surface area (Å²) in [6, 6.07) is 0. The summed E-state index contributed by atoms with van der Waals surface area (Å²) in [6.07, 6.45) is 2.58. The zero-order valence-corrected chi connectivity index (χ0v) is 11.6. The van der Waals surface area contributed by atoms with Crippen LogP contribution in [0.4, 0.5) is 0 Å². The van der Waals surface area contributed by atoms with E-state index in [1.807, 2.05) is 0 Å². The molecule has 0 saturated heterocycles. The minimum absolute atomic E-state index is 0.187. The van der Waals surface area contributed by atoms with Crippen LogP contribution in [0.3, 0.4) is 0 Å². The summed E-state index contributed by atoms with van der Waals surface area (Å²) < 4.78 is 9.54. The molecule has 0 aromatic heterocycles. The summed E-state index contributed by atoms with van der Waals surface area (Å²) in [5.74, 6) is -2.06. The summed E-state index contributed by atoms with van der Waals surface area (Å²) in [5.41, 5.74) is 0. The number of esters is 2. The SMILES string of the molecule is C=CC(=O)O.CC(C)OC(=O)/C=C/C(=O)OC(C)C. The van der Waals surface area contributed by atoms with E-state index in [0.29, 0.717) is 0 Å². The Labute approximate surface area is 112 Å². The predicted molar refractivity (Wildman–Crippen MR) is 69.4 cm³/mol. The highest BCUT2D eigenvalue weighted by molar-refractivity contribution is 5.91. The van der Waals surface area contributed by atoms with Crippen molar-refractivity contribution in [3.8, 4) is 0 Å². The van der Waals surface area contributed by atoms with Gasteiger partial charge in [-0.25, -0.2) is 14.4 Å². The van der Waals surface area contributed by atoms with Gasteiger partial charge in [0, 0.05) is 18.2 Å². The third-order valence-corrected chi connectivity index (χ3v) is 1.23. The number of rotatable bonds is 5. The normalized spacial score (nSPS) is 9.79. The Balaban J connectivity index is 0. The molecule has 0 aliphatic carbocycles. The molecule has 0 atom stereocenters. The highest BCUT2D eigenvalue weighted by atomic mass is 16.5. The molecule has 0 aromatic rings. The maximum Gasteiger partial charge on any atom is 0.331 e. The highest BCUT2D eigenvalue weighted by Crippen LogP contribution is 1.93. The maximum absolute atomic E-state index is 10.9. The van der Waals surface area contributed by atoms with Crippen molar-refractivity contribution in [1.29, 1.82) is 0 Å². The molecule has 6 heteroatoms. The first-order valence-corrected chi connectivity index (χ1v) is 5.63. The van der Waals surface area contributed by atoms with E-state index in [4.69, 9.17) is 14.6 Å². The first kappa shape index (κ1) is 19.2. The Kier molecular flexibility index (Phi) is 11.1. The third kappa shape index (κ3) is 18.5. The van der Waals surface area contributed by atoms with Gasteiger partial charge in [-0.15, -0.1) is 0 Å². The van der Waals surface area contributed by atoms with Crippen molar-refractivity contribution >= 4 is 17.9 Å². The van der Waals surface area contributed by atoms with Crippen molar-refractivity contribution in [2.45, 2.75) is 39.9 Å². The van der Waals surface area contributed by atoms with Gasteiger partial charge in [-0.1, -0.05) is 6.58 Å². The molecule has 0 bridgehead atoms. The second kappa shape index (κ2) is 11.0. The van der Waals surface area contributed by atoms with E-state index < -0.39 is 17.9 Å². The highest BCUT2D eigenvalue weighted by Gasteiger charge is 2.03. The monoisotopic (exact) mass is 272 g/mol. The van der Waals surface area contributed by atoms with E-state index in [9.17, 15) is 14.4 Å². The summed E-state index contributed by atoms with van der Waals surface area (Å²) in [7, 11) is 0. The lowest BCUT2D eigenvalue weighted by molar-refractivity contribution is -0.144. The minimum Gasteiger partial charge on any atom is -0.478 e. The summed E-state index contributed by atoms with van der Waals surface area (Å²) >= 11 is 0. The maximum atomic E-state index is 10.9. The van der Waals surface area contributed by atoms with Crippen molar-refractivity contribution in [3.63, 3.8) is 0 Å². The van der Waals surface area contributed by atoms with Crippen LogP contribution in [0.5, 0.6) is 0 Å². The molecule has 0 aliphatic rings. The van der Waals surface area contributed by atoms with E-state index in [-0.39, 0.29) is 12.2 Å². The number of hydrogen-bond acceptors (Lipinski definition) is 5. The summed E-state index contributed by atoms with van der Waals surface area (Å²) in [6.45, 7) is 9.90. The van der Waals surface area contributed by atoms with Crippen molar-refractivity contribution in [2.24, 2.45) is 0 Å². The van der Waals surface area contributed by atoms with E-state index in [2.05, 4.69) is 6.58 Å². The lowest BCUT2D eigenvalue weighted by atomic mass is 10.4. The second-order valence-corrected chi connectivity index (χ2v) is 3.85. The number of aliphatic carboxylic acids is 1. The van der Waals surface area contributed by atoms with Crippen LogP contribution < -0.4 is 0 Å². The molecule has 0 amide bonds. The molecule has 0 rings (SSSR count). The van der Waals surface area contributed by atoms with Gasteiger partial charge >= 0.3 is 17.9 Å². The molecule has 0 fully saturated rings. The van der Waals surface area contributed by atoms with Gasteiger partial charge in [0.25, 0.3) is 0 Å². The van der Waals surface area contributed by atoms with Crippen LogP contribution in [0.15, 0.2) is 24.8 Å². The van der Waals surface area contributed by atoms with Crippen LogP contribution in [-0.2, 0) is 23.9 Å². The van der Waals surface area contributed by atoms with Crippen molar-refractivity contribution < 1.29 is 29.0 Å². The number of hydrogen-bond donors (Lipinski definition) is 1. The minimum atomic E-state index is -0.981. The quantitative estimate of drug-likeness (QED) is 0.605. The van der Waals surface area contributed by atoms with Gasteiger partial charge in [0.05, 0.1) is 12.2 Å². The Morgan fingerprint density at radius 3 is 1.37 bits per heavy atom. The van der Waals surface area contributed by atoms with Gasteiger partial charge in [-0.2, -0.15) is 0 Å². The Bertz CT molecular complexity index is 317. The van der Waals surface area contributed by atoms with E-state index in [1.54, 1.807) is 27.7 Å². The van der Waals surface area contributed by atoms with Gasteiger partial charge in [0.2, 0.25) is 0 Å². The van der Waals surface area contributed by atoms with Crippen molar-refractivity contribution in [3.05, 3.63) is 24.8 Å². The second-order valence-electron chi connectivity index (χ2n) is 3.85. The Hall–Kier alpha value is -2.11. The molecule has 0 aromatic carbocycles. The molecule has 1 N–H and O–H groups in total. The van der Waals surface area contributed by atoms with Gasteiger partial charge in [0.1, 0.15) is 0 Å². The number of carboxylic acids is 1. The lowest BCUT2D eigenvalue weighted by Gasteiger charge is -2.05. The fourth-order valence-electron chi connectivity index (χ4n) is 0.679. The molecule has 0 spiro atoms. The number of ether oxygens (including phenoxy) is 2. The van der Waals surface area contributed by atoms with E-state index in [0.717, 1.165) is 18.2 Å². The van der Waals surface area contributed by atoms with E-state index >= 15 is 0 Å². The average molecular weight is 272 g/mol. The molecular formula is C13H20O6. The van der Waals surface area contributed by atoms with Gasteiger partial charge < -0.3 is 14.6 Å². The number of carbonyl (C=O) groups excluding carboxylic acids is 2. The molecular weight excluding hydrogens is 252 g/mol. The molecule has 0 heterocycles. The van der Waals surface area contributed by atoms with Gasteiger partial charge in [-0.05, 0) is 27.7 Å². The Morgan fingerprint density at radius 2 is 1.21 bits per heavy atom. The molecule has 0 unspecified atom stereocenters. The van der Waals surface area contributed by atoms with Crippen molar-refractivity contribution in [1.82, 2.24) is 0 Å². The standard InChI is InChI=1S/C10H16O4.C3H4O2/c1-7(2)13-9(11)5-6-10(12)14-8(3)4;1-2-3(4)5/h5-8H,1-4H3;2H,1H2,(H,4,5)/b6-5+;. The smallest absolute Gasteiger partial charge is 0.331 e. The Morgan fingerprint density at radius 1 is 0.947 bits per heavy atom. The summed E-state index contributed by atoms with van der Waals surface area (Å²) in [4.78, 5) is 31.1. The fraction of sp³-hybridized carbons (Fsp3) is 0.462. The predicted octanol–water partition coefficient (Wildman–Crippen LogP) is 1.70. The third-order valence-electron chi connectivity index (χ3n) is 1.23. The molecule has 6 nitrogen and oxygen atoms in total. The molecule has 0 saturated carbocycles. The molecule has 0 radical (unpaired) electrons. The van der Waals surface area contributed by atoms with E-state index in [1.165, 1.54) is 0 Å². The van der Waals surface area contributed by atoms with Crippen molar-refractivity contribution in [2.75, 3.05) is 0 Å². The molecule has 0 aliphatic heterocycles. The topological polar surface area (TPSA) is 89.9 Å². The van der Waals surface area contributed by atoms with Crippen LogP contribution >= 0.6 is 0 Å². The van der Waals surface area contributed by atoms with Crippen LogP contribution in [0, 0.1) is 0 Å². The van der Waals surface area contributed by atoms with Crippen LogP contribution in [0.2, 0.25) is 0 Å². The van der Waals surface area contributed by atoms with Gasteiger partial charge in [0.15, 0.2) is 0 Å². The van der Waals surface area contributed by atoms with Crippen LogP contribution in [0.1, 0.15) is 27.7 Å². The zero-order valence-electron chi connectivity index (χ0n) is 11.6. The largest absolute Gasteiger partial charge is 0.478 e. The van der Waals surface area contributed by atoms with Gasteiger partial charge in [-0.3, -0.25) is 0 Å². The molecule has 108 valence electrons. The van der Waals surface area contributed by atoms with Crippen LogP contribution in [0.25, 0.3) is 0 Å². The average Bonchev–Trinajstić information content (AvgIpc) is 2.25. The lowest BCUT2D eigenvalue weighted by Crippen LogP contribution is -2.11. The van der Waals surface area contributed by atoms with Crippen LogP contribution in [-0.4, -0.2) is 35.2 Å². The zero-order chi connectivity index (χ0) is 15.4. The molecule has 19 heavy (non-hydrogen) atoms. The first-order chi connectivity index (χ1) is 8.68.